The van der Waals surface area contributed by atoms with Gasteiger partial charge in [-0.3, -0.25) is 9.68 Å². The minimum atomic E-state index is -0.795. The van der Waals surface area contributed by atoms with Crippen molar-refractivity contribution in [2.45, 2.75) is 27.2 Å². The van der Waals surface area contributed by atoms with E-state index in [-0.39, 0.29) is 6.61 Å². The van der Waals surface area contributed by atoms with Crippen molar-refractivity contribution in [3.63, 3.8) is 0 Å². The van der Waals surface area contributed by atoms with Gasteiger partial charge in [-0.05, 0) is 20.3 Å². The zero-order valence-corrected chi connectivity index (χ0v) is 11.2. The first-order chi connectivity index (χ1) is 7.81. The molecule has 0 atom stereocenters. The van der Waals surface area contributed by atoms with E-state index in [0.717, 1.165) is 0 Å². The van der Waals surface area contributed by atoms with Crippen LogP contribution >= 0.6 is 12.6 Å². The van der Waals surface area contributed by atoms with Crippen molar-refractivity contribution in [3.8, 4) is 0 Å². The molecular formula is C10H20O6S. The van der Waals surface area contributed by atoms with Crippen molar-refractivity contribution < 1.29 is 29.6 Å². The smallest absolute Gasteiger partial charge is 0.367 e. The van der Waals surface area contributed by atoms with Crippen molar-refractivity contribution in [1.82, 2.24) is 0 Å². The van der Waals surface area contributed by atoms with E-state index in [1.165, 1.54) is 0 Å². The summed E-state index contributed by atoms with van der Waals surface area (Å²) in [6.07, 6.45) is 0.683. The molecule has 0 heterocycles. The summed E-state index contributed by atoms with van der Waals surface area (Å²) in [6.45, 7) is 4.88. The molecule has 0 bridgehead atoms. The highest BCUT2D eigenvalue weighted by Crippen LogP contribution is 2.18. The first kappa shape index (κ1) is 18.6. The van der Waals surface area contributed by atoms with Crippen LogP contribution in [-0.2, 0) is 19.4 Å². The molecule has 0 spiro atoms. The molecule has 6 nitrogen and oxygen atoms in total. The number of carboxylic acids is 1. The molecule has 0 saturated heterocycles. The number of carbonyl (C=O) groups is 2. The summed E-state index contributed by atoms with van der Waals surface area (Å²) in [6, 6.07) is 0. The maximum absolute atomic E-state index is 10.3. The first-order valence-electron chi connectivity index (χ1n) is 5.09. The van der Waals surface area contributed by atoms with Crippen molar-refractivity contribution in [3.05, 3.63) is 0 Å². The second-order valence-electron chi connectivity index (χ2n) is 3.70. The van der Waals surface area contributed by atoms with E-state index in [9.17, 15) is 9.59 Å². The molecule has 17 heavy (non-hydrogen) atoms. The van der Waals surface area contributed by atoms with Gasteiger partial charge in [0.1, 0.15) is 13.2 Å². The average Bonchev–Trinajstić information content (AvgIpc) is 2.29. The largest absolute Gasteiger partial charge is 0.481 e. The number of carbonyl (C=O) groups excluding carboxylic acids is 1. The van der Waals surface area contributed by atoms with Gasteiger partial charge in [-0.25, -0.2) is 4.79 Å². The normalized spacial score (nSPS) is 10.2. The number of aliphatic carboxylic acids is 1. The predicted octanol–water partition coefficient (Wildman–Crippen LogP) is 0.890. The molecule has 0 fully saturated rings. The Hall–Kier alpha value is -0.790. The molecule has 7 heteroatoms. The molecule has 0 aromatic carbocycles. The molecular weight excluding hydrogens is 248 g/mol. The van der Waals surface area contributed by atoms with Gasteiger partial charge >= 0.3 is 11.9 Å². The number of rotatable bonds is 6. The lowest BCUT2D eigenvalue weighted by atomic mass is 9.91. The lowest BCUT2D eigenvalue weighted by Crippen LogP contribution is -2.21. The zero-order valence-electron chi connectivity index (χ0n) is 10.3. The summed E-state index contributed by atoms with van der Waals surface area (Å²) in [5, 5.41) is 16.5. The first-order valence-corrected chi connectivity index (χ1v) is 5.72. The van der Waals surface area contributed by atoms with Crippen LogP contribution in [0, 0.1) is 5.41 Å². The van der Waals surface area contributed by atoms with Crippen molar-refractivity contribution in [2.24, 2.45) is 5.41 Å². The number of aliphatic hydroxyl groups is 1. The van der Waals surface area contributed by atoms with Crippen molar-refractivity contribution in [1.29, 1.82) is 0 Å². The van der Waals surface area contributed by atoms with E-state index in [2.05, 4.69) is 22.4 Å². The second kappa shape index (κ2) is 10.4. The van der Waals surface area contributed by atoms with E-state index < -0.39 is 24.0 Å². The maximum Gasteiger partial charge on any atom is 0.367 e. The Balaban J connectivity index is 0. The lowest BCUT2D eigenvalue weighted by molar-refractivity contribution is -0.270. The Morgan fingerprint density at radius 1 is 1.35 bits per heavy atom. The van der Waals surface area contributed by atoms with E-state index in [4.69, 9.17) is 10.2 Å². The number of carboxylic acid groups (broad SMARTS) is 1. The van der Waals surface area contributed by atoms with E-state index in [1.807, 2.05) is 6.92 Å². The summed E-state index contributed by atoms with van der Waals surface area (Å²) in [5.74, 6) is -1.05. The minimum Gasteiger partial charge on any atom is -0.481 e. The highest BCUT2D eigenvalue weighted by atomic mass is 32.1. The van der Waals surface area contributed by atoms with Gasteiger partial charge < -0.3 is 10.2 Å². The van der Waals surface area contributed by atoms with Gasteiger partial charge in [0.25, 0.3) is 0 Å². The Bertz CT molecular complexity index is 229. The third-order valence-corrected chi connectivity index (χ3v) is 2.10. The Morgan fingerprint density at radius 3 is 2.12 bits per heavy atom. The Morgan fingerprint density at radius 2 is 1.88 bits per heavy atom. The van der Waals surface area contributed by atoms with E-state index in [0.29, 0.717) is 12.2 Å². The Kier molecular flexibility index (Phi) is 11.3. The summed E-state index contributed by atoms with van der Waals surface area (Å²) in [7, 11) is 0. The van der Waals surface area contributed by atoms with Gasteiger partial charge in [-0.1, -0.05) is 6.92 Å². The van der Waals surface area contributed by atoms with Gasteiger partial charge in [-0.2, -0.15) is 17.5 Å². The average molecular weight is 268 g/mol. The van der Waals surface area contributed by atoms with Crippen LogP contribution in [0.4, 0.5) is 0 Å². The number of thiol groups is 1. The summed E-state index contributed by atoms with van der Waals surface area (Å²) < 4.78 is 0. The highest BCUT2D eigenvalue weighted by molar-refractivity contribution is 7.80. The number of aliphatic hydroxyl groups excluding tert-OH is 1. The number of hydrogen-bond donors (Lipinski definition) is 3. The topological polar surface area (TPSA) is 93.1 Å². The molecule has 0 amide bonds. The number of hydrogen-bond acceptors (Lipinski definition) is 6. The van der Waals surface area contributed by atoms with Crippen LogP contribution in [0.1, 0.15) is 27.2 Å². The fraction of sp³-hybridized carbons (Fsp3) is 0.800. The predicted molar refractivity (Wildman–Crippen MR) is 64.7 cm³/mol. The van der Waals surface area contributed by atoms with Gasteiger partial charge in [0.05, 0.1) is 5.41 Å². The maximum atomic E-state index is 10.3. The monoisotopic (exact) mass is 268 g/mol. The highest BCUT2D eigenvalue weighted by Gasteiger charge is 2.23. The quantitative estimate of drug-likeness (QED) is 0.287. The van der Waals surface area contributed by atoms with Crippen LogP contribution in [-0.4, -0.2) is 41.1 Å². The van der Waals surface area contributed by atoms with Crippen molar-refractivity contribution in [2.75, 3.05) is 19.0 Å². The van der Waals surface area contributed by atoms with Gasteiger partial charge in [0, 0.05) is 5.75 Å². The van der Waals surface area contributed by atoms with Crippen LogP contribution in [0.2, 0.25) is 0 Å². The molecule has 0 aliphatic rings. The fourth-order valence-corrected chi connectivity index (χ4v) is 0.397. The van der Waals surface area contributed by atoms with Crippen LogP contribution in [0.5, 0.6) is 0 Å². The van der Waals surface area contributed by atoms with Crippen molar-refractivity contribution >= 4 is 24.6 Å². The third kappa shape index (κ3) is 11.5. The molecule has 2 N–H and O–H groups in total. The molecule has 0 radical (unpaired) electrons. The van der Waals surface area contributed by atoms with Crippen LogP contribution in [0.3, 0.4) is 0 Å². The molecule has 0 aromatic heterocycles. The molecule has 0 aliphatic heterocycles. The fourth-order valence-electron chi connectivity index (χ4n) is 0.322. The molecule has 0 aromatic rings. The zero-order chi connectivity index (χ0) is 13.9. The molecule has 0 unspecified atom stereocenters. The van der Waals surface area contributed by atoms with Crippen LogP contribution in [0.15, 0.2) is 0 Å². The summed E-state index contributed by atoms with van der Waals surface area (Å²) in [4.78, 5) is 28.6. The summed E-state index contributed by atoms with van der Waals surface area (Å²) in [5.41, 5.74) is -0.542. The molecule has 0 saturated carbocycles. The standard InChI is InChI=1S/C6H12O2.C4H8O4S/c1-4-6(2,3)5(7)8;5-3-4(6)8-7-1-2-9/h4H2,1-3H3,(H,7,8);5,9H,1-3H2. The Labute approximate surface area is 106 Å². The van der Waals surface area contributed by atoms with Gasteiger partial charge in [0.15, 0.2) is 0 Å². The van der Waals surface area contributed by atoms with Gasteiger partial charge in [0.2, 0.25) is 0 Å². The summed E-state index contributed by atoms with van der Waals surface area (Å²) >= 11 is 3.77. The SMILES string of the molecule is CCC(C)(C)C(=O)O.O=C(CO)OOCCS. The molecule has 0 rings (SSSR count). The van der Waals surface area contributed by atoms with Gasteiger partial charge in [-0.15, -0.1) is 0 Å². The second-order valence-corrected chi connectivity index (χ2v) is 4.15. The minimum absolute atomic E-state index is 0.231. The lowest BCUT2D eigenvalue weighted by Gasteiger charge is -2.14. The molecule has 102 valence electrons. The van der Waals surface area contributed by atoms with E-state index in [1.54, 1.807) is 13.8 Å². The van der Waals surface area contributed by atoms with E-state index >= 15 is 0 Å². The van der Waals surface area contributed by atoms with Crippen LogP contribution in [0.25, 0.3) is 0 Å². The molecule has 0 aliphatic carbocycles. The van der Waals surface area contributed by atoms with Crippen LogP contribution < -0.4 is 0 Å². The third-order valence-electron chi connectivity index (χ3n) is 1.92.